The van der Waals surface area contributed by atoms with E-state index in [4.69, 9.17) is 33.7 Å². The first-order chi connectivity index (χ1) is 14.4. The highest BCUT2D eigenvalue weighted by molar-refractivity contribution is 7.80. The van der Waals surface area contributed by atoms with Gasteiger partial charge in [0, 0.05) is 5.02 Å². The van der Waals surface area contributed by atoms with Crippen molar-refractivity contribution in [2.45, 2.75) is 48.6 Å². The summed E-state index contributed by atoms with van der Waals surface area (Å²) in [6, 6.07) is 11.1. The van der Waals surface area contributed by atoms with E-state index >= 15 is 0 Å². The van der Waals surface area contributed by atoms with E-state index in [2.05, 4.69) is 6.07 Å². The third kappa shape index (κ3) is 4.08. The summed E-state index contributed by atoms with van der Waals surface area (Å²) in [5.74, 6) is 0.895. The summed E-state index contributed by atoms with van der Waals surface area (Å²) in [6.07, 6.45) is -4.16. The fraction of sp³-hybridized carbons (Fsp3) is 0.455. The first kappa shape index (κ1) is 21.9. The number of hydrogen-bond acceptors (Lipinski definition) is 7. The lowest BCUT2D eigenvalue weighted by molar-refractivity contribution is -0.231. The molecule has 0 bridgehead atoms. The number of benzene rings is 2. The lowest BCUT2D eigenvalue weighted by atomic mass is 9.90. The van der Waals surface area contributed by atoms with E-state index < -0.39 is 37.1 Å². The predicted molar refractivity (Wildman–Crippen MR) is 115 cm³/mol. The van der Waals surface area contributed by atoms with E-state index in [1.54, 1.807) is 18.2 Å². The molecule has 1 unspecified atom stereocenters. The fourth-order valence-electron chi connectivity index (χ4n) is 4.06. The van der Waals surface area contributed by atoms with Crippen molar-refractivity contribution in [3.63, 3.8) is 0 Å². The molecule has 162 valence electrons. The third-order valence-corrected chi connectivity index (χ3v) is 6.70. The molecule has 0 spiro atoms. The molecule has 2 aliphatic rings. The zero-order valence-electron chi connectivity index (χ0n) is 16.2. The summed E-state index contributed by atoms with van der Waals surface area (Å²) in [6.45, 7) is 0.248. The molecule has 8 heteroatoms. The van der Waals surface area contributed by atoms with Gasteiger partial charge in [0.15, 0.2) is 0 Å². The highest BCUT2D eigenvalue weighted by Gasteiger charge is 2.44. The van der Waals surface area contributed by atoms with Crippen LogP contribution in [0.25, 0.3) is 0 Å². The number of fused-ring (bicyclic) bond motifs is 1. The molecule has 6 nitrogen and oxygen atoms in total. The monoisotopic (exact) mass is 452 g/mol. The molecule has 2 heterocycles. The Morgan fingerprint density at radius 3 is 2.63 bits per heavy atom. The van der Waals surface area contributed by atoms with Gasteiger partial charge in [0.25, 0.3) is 0 Å². The van der Waals surface area contributed by atoms with Gasteiger partial charge in [-0.15, -0.1) is 0 Å². The highest BCUT2D eigenvalue weighted by atomic mass is 35.5. The van der Waals surface area contributed by atoms with Crippen molar-refractivity contribution in [3.05, 3.63) is 63.7 Å². The van der Waals surface area contributed by atoms with Crippen LogP contribution in [0.2, 0.25) is 5.02 Å². The van der Waals surface area contributed by atoms with Crippen LogP contribution in [0.3, 0.4) is 0 Å². The van der Waals surface area contributed by atoms with Crippen molar-refractivity contribution in [1.29, 1.82) is 0 Å². The SMILES string of the molecule is OC[C@H]1O[C@@H](c2ccc(Cl)c(C(S)c3ccc4c(c3)CCCO4)c2)[C@H](O)[C@@H](O)[C@@H]1O. The molecule has 2 aromatic rings. The van der Waals surface area contributed by atoms with E-state index in [0.717, 1.165) is 41.9 Å². The molecule has 0 saturated carbocycles. The number of thiol groups is 1. The van der Waals surface area contributed by atoms with Crippen molar-refractivity contribution < 1.29 is 29.9 Å². The molecule has 4 rings (SSSR count). The number of hydrogen-bond donors (Lipinski definition) is 5. The van der Waals surface area contributed by atoms with Crippen LogP contribution < -0.4 is 4.74 Å². The lowest BCUT2D eigenvalue weighted by Crippen LogP contribution is -2.55. The van der Waals surface area contributed by atoms with Gasteiger partial charge in [0.2, 0.25) is 0 Å². The Morgan fingerprint density at radius 1 is 1.07 bits per heavy atom. The molecule has 6 atom stereocenters. The maximum Gasteiger partial charge on any atom is 0.122 e. The van der Waals surface area contributed by atoms with E-state index in [1.807, 2.05) is 12.1 Å². The molecule has 0 amide bonds. The Balaban J connectivity index is 1.65. The minimum absolute atomic E-state index is 0.324. The quantitative estimate of drug-likeness (QED) is 0.456. The van der Waals surface area contributed by atoms with Gasteiger partial charge in [0.05, 0.1) is 18.5 Å². The molecular formula is C22H25ClO6S. The van der Waals surface area contributed by atoms with Gasteiger partial charge in [-0.2, -0.15) is 12.6 Å². The van der Waals surface area contributed by atoms with Crippen LogP contribution in [0.5, 0.6) is 5.75 Å². The van der Waals surface area contributed by atoms with Crippen molar-refractivity contribution >= 4 is 24.2 Å². The number of aliphatic hydroxyl groups is 4. The molecular weight excluding hydrogens is 428 g/mol. The van der Waals surface area contributed by atoms with Gasteiger partial charge in [-0.05, 0) is 47.2 Å². The lowest BCUT2D eigenvalue weighted by Gasteiger charge is -2.40. The zero-order chi connectivity index (χ0) is 21.4. The van der Waals surface area contributed by atoms with Gasteiger partial charge < -0.3 is 29.9 Å². The molecule has 1 saturated heterocycles. The van der Waals surface area contributed by atoms with Crippen molar-refractivity contribution in [2.75, 3.05) is 13.2 Å². The molecule has 30 heavy (non-hydrogen) atoms. The standard InChI is InChI=1S/C22H25ClO6S/c23-15-5-3-12(21-20(27)19(26)18(25)17(10-24)29-21)9-14(15)22(30)13-4-6-16-11(8-13)2-1-7-28-16/h3-6,8-9,17-22,24-27,30H,1-2,7,10H2/t17-,18-,19+,20-,21+,22?/m1/s1. The molecule has 2 aromatic carbocycles. The van der Waals surface area contributed by atoms with Crippen molar-refractivity contribution in [3.8, 4) is 5.75 Å². The summed E-state index contributed by atoms with van der Waals surface area (Å²) < 4.78 is 11.4. The number of aryl methyl sites for hydroxylation is 1. The van der Waals surface area contributed by atoms with E-state index in [0.29, 0.717) is 10.6 Å². The van der Waals surface area contributed by atoms with Crippen molar-refractivity contribution in [2.24, 2.45) is 0 Å². The smallest absolute Gasteiger partial charge is 0.122 e. The van der Waals surface area contributed by atoms with Crippen LogP contribution in [-0.2, 0) is 11.2 Å². The summed E-state index contributed by atoms with van der Waals surface area (Å²) in [5.41, 5.74) is 3.41. The second-order valence-corrected chi connectivity index (χ2v) is 8.68. The second kappa shape index (κ2) is 9.04. The zero-order valence-corrected chi connectivity index (χ0v) is 17.8. The van der Waals surface area contributed by atoms with Crippen molar-refractivity contribution in [1.82, 2.24) is 0 Å². The van der Waals surface area contributed by atoms with Crippen LogP contribution in [0.4, 0.5) is 0 Å². The third-order valence-electron chi connectivity index (χ3n) is 5.78. The first-order valence-electron chi connectivity index (χ1n) is 9.94. The minimum atomic E-state index is -1.44. The number of aliphatic hydroxyl groups excluding tert-OH is 4. The molecule has 0 aromatic heterocycles. The normalized spacial score (nSPS) is 29.7. The Morgan fingerprint density at radius 2 is 1.87 bits per heavy atom. The topological polar surface area (TPSA) is 99.4 Å². The maximum atomic E-state index is 10.4. The predicted octanol–water partition coefficient (Wildman–Crippen LogP) is 2.20. The van der Waals surface area contributed by atoms with Gasteiger partial charge in [-0.25, -0.2) is 0 Å². The van der Waals surface area contributed by atoms with Crippen LogP contribution in [-0.4, -0.2) is 58.1 Å². The first-order valence-corrected chi connectivity index (χ1v) is 10.8. The summed E-state index contributed by atoms with van der Waals surface area (Å²) in [7, 11) is 0. The van der Waals surface area contributed by atoms with Crippen LogP contribution in [0.1, 0.15) is 40.0 Å². The Hall–Kier alpha value is -1.32. The Bertz CT molecular complexity index is 907. The fourth-order valence-corrected chi connectivity index (χ4v) is 4.73. The highest BCUT2D eigenvalue weighted by Crippen LogP contribution is 2.39. The number of ether oxygens (including phenoxy) is 2. The summed E-state index contributed by atoms with van der Waals surface area (Å²) >= 11 is 11.3. The van der Waals surface area contributed by atoms with Crippen LogP contribution in [0, 0.1) is 0 Å². The average Bonchev–Trinajstić information content (AvgIpc) is 2.77. The van der Waals surface area contributed by atoms with Gasteiger partial charge in [0.1, 0.15) is 36.3 Å². The number of rotatable bonds is 4. The summed E-state index contributed by atoms with van der Waals surface area (Å²) in [4.78, 5) is 0. The number of halogens is 1. The van der Waals surface area contributed by atoms with Crippen LogP contribution >= 0.6 is 24.2 Å². The van der Waals surface area contributed by atoms with Gasteiger partial charge >= 0.3 is 0 Å². The minimum Gasteiger partial charge on any atom is -0.493 e. The Labute approximate surface area is 185 Å². The van der Waals surface area contributed by atoms with E-state index in [9.17, 15) is 20.4 Å². The second-order valence-electron chi connectivity index (χ2n) is 7.75. The molecule has 4 N–H and O–H groups in total. The molecule has 2 aliphatic heterocycles. The van der Waals surface area contributed by atoms with E-state index in [-0.39, 0.29) is 5.25 Å². The molecule has 0 aliphatic carbocycles. The molecule has 0 radical (unpaired) electrons. The molecule has 1 fully saturated rings. The summed E-state index contributed by atoms with van der Waals surface area (Å²) in [5, 5.41) is 40.2. The Kier molecular flexibility index (Phi) is 6.60. The van der Waals surface area contributed by atoms with Gasteiger partial charge in [-0.1, -0.05) is 35.9 Å². The maximum absolute atomic E-state index is 10.4. The largest absolute Gasteiger partial charge is 0.493 e. The van der Waals surface area contributed by atoms with Crippen LogP contribution in [0.15, 0.2) is 36.4 Å². The van der Waals surface area contributed by atoms with E-state index in [1.165, 1.54) is 0 Å². The average molecular weight is 453 g/mol. The van der Waals surface area contributed by atoms with Gasteiger partial charge in [-0.3, -0.25) is 0 Å².